The molecule has 1 heterocycles. The Hall–Kier alpha value is -2.29. The van der Waals surface area contributed by atoms with E-state index in [4.69, 9.17) is 14.2 Å². The minimum atomic E-state index is -3.09. The number of esters is 1. The fourth-order valence-corrected chi connectivity index (χ4v) is 4.91. The molecule has 1 amide bonds. The van der Waals surface area contributed by atoms with Crippen LogP contribution in [0.15, 0.2) is 18.2 Å². The first kappa shape index (κ1) is 22.0. The standard InChI is InChI=1S/C19H27NO7S/c1-13(19(22)20(2)15-9-10-28(23,24)12-15)27-18(21)8-6-14-5-7-16(25-3)17(11-14)26-4/h5,7,11,13,15H,6,8-10,12H2,1-4H3/t13-,15-/m0/s1. The maximum absolute atomic E-state index is 12.4. The van der Waals surface area contributed by atoms with Gasteiger partial charge in [-0.2, -0.15) is 0 Å². The Morgan fingerprint density at radius 2 is 1.89 bits per heavy atom. The van der Waals surface area contributed by atoms with Crippen LogP contribution in [0.25, 0.3) is 0 Å². The van der Waals surface area contributed by atoms with Gasteiger partial charge in [0.05, 0.1) is 25.7 Å². The predicted molar refractivity (Wildman–Crippen MR) is 103 cm³/mol. The number of carbonyl (C=O) groups is 2. The van der Waals surface area contributed by atoms with Crippen molar-refractivity contribution in [2.75, 3.05) is 32.8 Å². The minimum absolute atomic E-state index is 0.0464. The van der Waals surface area contributed by atoms with Gasteiger partial charge in [-0.25, -0.2) is 8.42 Å². The van der Waals surface area contributed by atoms with Crippen LogP contribution < -0.4 is 9.47 Å². The first-order valence-corrected chi connectivity index (χ1v) is 10.9. The number of ether oxygens (including phenoxy) is 3. The lowest BCUT2D eigenvalue weighted by Gasteiger charge is -2.26. The van der Waals surface area contributed by atoms with Gasteiger partial charge in [0.1, 0.15) is 0 Å². The second-order valence-corrected chi connectivity index (χ2v) is 9.06. The van der Waals surface area contributed by atoms with Crippen molar-refractivity contribution >= 4 is 21.7 Å². The van der Waals surface area contributed by atoms with E-state index in [9.17, 15) is 18.0 Å². The SMILES string of the molecule is COc1ccc(CCC(=O)O[C@@H](C)C(=O)N(C)[C@H]2CCS(=O)(=O)C2)cc1OC. The van der Waals surface area contributed by atoms with Crippen molar-refractivity contribution in [3.8, 4) is 11.5 Å². The van der Waals surface area contributed by atoms with Gasteiger partial charge in [0.2, 0.25) is 0 Å². The van der Waals surface area contributed by atoms with Gasteiger partial charge in [-0.05, 0) is 37.5 Å². The third kappa shape index (κ3) is 5.60. The summed E-state index contributed by atoms with van der Waals surface area (Å²) in [7, 11) is 1.53. The Bertz CT molecular complexity index is 822. The number of hydrogen-bond donors (Lipinski definition) is 0. The first-order valence-electron chi connectivity index (χ1n) is 9.04. The smallest absolute Gasteiger partial charge is 0.306 e. The molecule has 0 unspecified atom stereocenters. The molecule has 1 saturated heterocycles. The largest absolute Gasteiger partial charge is 0.493 e. The van der Waals surface area contributed by atoms with E-state index < -0.39 is 27.8 Å². The van der Waals surface area contributed by atoms with Crippen molar-refractivity contribution in [1.29, 1.82) is 0 Å². The quantitative estimate of drug-likeness (QED) is 0.591. The van der Waals surface area contributed by atoms with Crippen LogP contribution in [0, 0.1) is 0 Å². The topological polar surface area (TPSA) is 99.2 Å². The second kappa shape index (κ2) is 9.27. The average molecular weight is 413 g/mol. The summed E-state index contributed by atoms with van der Waals surface area (Å²) in [4.78, 5) is 25.9. The van der Waals surface area contributed by atoms with Crippen LogP contribution in [0.2, 0.25) is 0 Å². The van der Waals surface area contributed by atoms with E-state index in [1.54, 1.807) is 26.3 Å². The van der Waals surface area contributed by atoms with Crippen LogP contribution in [0.5, 0.6) is 11.5 Å². The zero-order valence-corrected chi connectivity index (χ0v) is 17.5. The van der Waals surface area contributed by atoms with E-state index in [0.29, 0.717) is 24.3 Å². The van der Waals surface area contributed by atoms with Crippen LogP contribution in [0.1, 0.15) is 25.3 Å². The van der Waals surface area contributed by atoms with Crippen LogP contribution >= 0.6 is 0 Å². The number of methoxy groups -OCH3 is 2. The number of amides is 1. The number of sulfone groups is 1. The highest BCUT2D eigenvalue weighted by Gasteiger charge is 2.34. The molecule has 0 saturated carbocycles. The van der Waals surface area contributed by atoms with E-state index in [1.165, 1.54) is 18.9 Å². The molecule has 0 spiro atoms. The van der Waals surface area contributed by atoms with Crippen molar-refractivity contribution in [2.24, 2.45) is 0 Å². The number of likely N-dealkylation sites (N-methyl/N-ethyl adjacent to an activating group) is 1. The molecule has 1 fully saturated rings. The summed E-state index contributed by atoms with van der Waals surface area (Å²) in [6.07, 6.45) is -0.0260. The van der Waals surface area contributed by atoms with Gasteiger partial charge in [-0.3, -0.25) is 9.59 Å². The number of benzene rings is 1. The minimum Gasteiger partial charge on any atom is -0.493 e. The molecule has 8 nitrogen and oxygen atoms in total. The highest BCUT2D eigenvalue weighted by Crippen LogP contribution is 2.28. The molecule has 28 heavy (non-hydrogen) atoms. The van der Waals surface area contributed by atoms with Gasteiger partial charge in [-0.15, -0.1) is 0 Å². The summed E-state index contributed by atoms with van der Waals surface area (Å²) in [6, 6.07) is 5.01. The maximum Gasteiger partial charge on any atom is 0.306 e. The van der Waals surface area contributed by atoms with Crippen molar-refractivity contribution in [1.82, 2.24) is 4.90 Å². The van der Waals surface area contributed by atoms with Gasteiger partial charge in [0.15, 0.2) is 27.4 Å². The molecule has 1 aliphatic rings. The highest BCUT2D eigenvalue weighted by atomic mass is 32.2. The van der Waals surface area contributed by atoms with E-state index in [-0.39, 0.29) is 24.0 Å². The number of nitrogens with zero attached hydrogens (tertiary/aromatic N) is 1. The molecule has 0 N–H and O–H groups in total. The molecule has 1 aliphatic heterocycles. The molecular formula is C19H27NO7S. The maximum atomic E-state index is 12.4. The van der Waals surface area contributed by atoms with Crippen molar-refractivity contribution in [3.05, 3.63) is 23.8 Å². The third-order valence-electron chi connectivity index (χ3n) is 4.83. The van der Waals surface area contributed by atoms with E-state index in [0.717, 1.165) is 5.56 Å². The van der Waals surface area contributed by atoms with Crippen LogP contribution in [0.3, 0.4) is 0 Å². The van der Waals surface area contributed by atoms with Gasteiger partial charge in [0, 0.05) is 19.5 Å². The third-order valence-corrected chi connectivity index (χ3v) is 6.58. The Balaban J connectivity index is 1.86. The lowest BCUT2D eigenvalue weighted by molar-refractivity contribution is -0.159. The molecule has 1 aromatic rings. The number of rotatable bonds is 8. The summed E-state index contributed by atoms with van der Waals surface area (Å²) < 4.78 is 38.8. The average Bonchev–Trinajstić information content (AvgIpc) is 3.04. The second-order valence-electron chi connectivity index (χ2n) is 6.83. The van der Waals surface area contributed by atoms with Gasteiger partial charge >= 0.3 is 5.97 Å². The summed E-state index contributed by atoms with van der Waals surface area (Å²) in [5.74, 6) is 0.309. The molecule has 2 atom stereocenters. The summed E-state index contributed by atoms with van der Waals surface area (Å²) in [5, 5.41) is 0. The molecule has 9 heteroatoms. The Labute approximate surface area is 165 Å². The van der Waals surface area contributed by atoms with E-state index in [2.05, 4.69) is 0 Å². The van der Waals surface area contributed by atoms with Crippen molar-refractivity contribution in [2.45, 2.75) is 38.3 Å². The number of hydrogen-bond acceptors (Lipinski definition) is 7. The Morgan fingerprint density at radius 1 is 1.21 bits per heavy atom. The molecule has 0 bridgehead atoms. The van der Waals surface area contributed by atoms with Crippen LogP contribution in [-0.2, 0) is 30.6 Å². The van der Waals surface area contributed by atoms with Crippen LogP contribution in [-0.4, -0.2) is 70.1 Å². The molecule has 0 radical (unpaired) electrons. The predicted octanol–water partition coefficient (Wildman–Crippen LogP) is 1.21. The summed E-state index contributed by atoms with van der Waals surface area (Å²) >= 11 is 0. The van der Waals surface area contributed by atoms with Gasteiger partial charge in [-0.1, -0.05) is 6.07 Å². The fourth-order valence-electron chi connectivity index (χ4n) is 3.14. The van der Waals surface area contributed by atoms with Crippen molar-refractivity contribution < 1.29 is 32.2 Å². The van der Waals surface area contributed by atoms with E-state index >= 15 is 0 Å². The zero-order chi connectivity index (χ0) is 20.9. The normalized spacial score (nSPS) is 18.9. The highest BCUT2D eigenvalue weighted by molar-refractivity contribution is 7.91. The van der Waals surface area contributed by atoms with Crippen molar-refractivity contribution in [3.63, 3.8) is 0 Å². The fraction of sp³-hybridized carbons (Fsp3) is 0.579. The zero-order valence-electron chi connectivity index (χ0n) is 16.6. The Morgan fingerprint density at radius 3 is 2.46 bits per heavy atom. The molecule has 2 rings (SSSR count). The molecular weight excluding hydrogens is 386 g/mol. The summed E-state index contributed by atoms with van der Waals surface area (Å²) in [5.41, 5.74) is 0.877. The first-order chi connectivity index (χ1) is 13.2. The molecule has 0 aromatic heterocycles. The molecule has 156 valence electrons. The van der Waals surface area contributed by atoms with Gasteiger partial charge < -0.3 is 19.1 Å². The summed E-state index contributed by atoms with van der Waals surface area (Å²) in [6.45, 7) is 1.50. The lowest BCUT2D eigenvalue weighted by Crippen LogP contribution is -2.44. The lowest BCUT2D eigenvalue weighted by atomic mass is 10.1. The Kier molecular flexibility index (Phi) is 7.29. The number of aryl methyl sites for hydroxylation is 1. The molecule has 0 aliphatic carbocycles. The van der Waals surface area contributed by atoms with Crippen LogP contribution in [0.4, 0.5) is 0 Å². The van der Waals surface area contributed by atoms with E-state index in [1.807, 2.05) is 6.07 Å². The monoisotopic (exact) mass is 413 g/mol. The molecule has 1 aromatic carbocycles. The van der Waals surface area contributed by atoms with Gasteiger partial charge in [0.25, 0.3) is 5.91 Å². The number of carbonyl (C=O) groups excluding carboxylic acids is 2.